The van der Waals surface area contributed by atoms with E-state index in [2.05, 4.69) is 15.3 Å². The summed E-state index contributed by atoms with van der Waals surface area (Å²) >= 11 is 0. The summed E-state index contributed by atoms with van der Waals surface area (Å²) < 4.78 is 2.04. The fourth-order valence-corrected chi connectivity index (χ4v) is 2.72. The molecule has 4 rings (SSSR count). The third-order valence-electron chi connectivity index (χ3n) is 3.99. The van der Waals surface area contributed by atoms with E-state index in [0.29, 0.717) is 18.3 Å². The van der Waals surface area contributed by atoms with Crippen molar-refractivity contribution in [3.63, 3.8) is 0 Å². The van der Waals surface area contributed by atoms with E-state index in [4.69, 9.17) is 0 Å². The van der Waals surface area contributed by atoms with E-state index in [1.54, 1.807) is 0 Å². The number of imidazole rings is 1. The lowest BCUT2D eigenvalue weighted by atomic mass is 10.2. The van der Waals surface area contributed by atoms with E-state index in [0.717, 1.165) is 29.4 Å². The molecule has 6 nitrogen and oxygen atoms in total. The van der Waals surface area contributed by atoms with Crippen molar-refractivity contribution in [1.29, 1.82) is 0 Å². The number of aromatic amines is 2. The predicted molar refractivity (Wildman–Crippen MR) is 82.8 cm³/mol. The molecule has 0 spiro atoms. The Morgan fingerprint density at radius 1 is 1.23 bits per heavy atom. The van der Waals surface area contributed by atoms with Gasteiger partial charge in [-0.2, -0.15) is 0 Å². The third-order valence-corrected chi connectivity index (χ3v) is 3.99. The molecule has 1 aliphatic rings. The maximum absolute atomic E-state index is 12.3. The van der Waals surface area contributed by atoms with Crippen LogP contribution < -0.4 is 11.0 Å². The highest BCUT2D eigenvalue weighted by Gasteiger charge is 2.26. The van der Waals surface area contributed by atoms with Gasteiger partial charge in [0.25, 0.3) is 5.91 Å². The van der Waals surface area contributed by atoms with E-state index in [1.807, 2.05) is 41.1 Å². The summed E-state index contributed by atoms with van der Waals surface area (Å²) in [7, 11) is 0. The van der Waals surface area contributed by atoms with Gasteiger partial charge in [-0.3, -0.25) is 4.79 Å². The van der Waals surface area contributed by atoms with Gasteiger partial charge in [-0.1, -0.05) is 6.07 Å². The summed E-state index contributed by atoms with van der Waals surface area (Å²) in [5.74, 6) is -0.0699. The Kier molecular flexibility index (Phi) is 2.89. The van der Waals surface area contributed by atoms with Crippen LogP contribution in [-0.2, 0) is 6.54 Å². The van der Waals surface area contributed by atoms with Gasteiger partial charge in [0.15, 0.2) is 0 Å². The first kappa shape index (κ1) is 12.9. The van der Waals surface area contributed by atoms with Crippen LogP contribution in [0.25, 0.3) is 11.0 Å². The monoisotopic (exact) mass is 296 g/mol. The minimum Gasteiger partial charge on any atom is -0.347 e. The molecule has 1 aromatic carbocycles. The average Bonchev–Trinajstić information content (AvgIpc) is 3.10. The molecule has 0 aliphatic heterocycles. The topological polar surface area (TPSA) is 82.7 Å². The van der Waals surface area contributed by atoms with Crippen molar-refractivity contribution >= 4 is 16.9 Å². The van der Waals surface area contributed by atoms with Crippen LogP contribution in [0.3, 0.4) is 0 Å². The van der Waals surface area contributed by atoms with Gasteiger partial charge in [0.2, 0.25) is 0 Å². The van der Waals surface area contributed by atoms with Crippen molar-refractivity contribution in [2.45, 2.75) is 25.4 Å². The molecule has 3 aromatic rings. The number of amides is 1. The van der Waals surface area contributed by atoms with Gasteiger partial charge in [0.1, 0.15) is 5.69 Å². The molecule has 0 unspecified atom stereocenters. The number of H-pyrrole nitrogens is 2. The van der Waals surface area contributed by atoms with Crippen molar-refractivity contribution in [1.82, 2.24) is 19.9 Å². The van der Waals surface area contributed by atoms with Crippen LogP contribution in [0.1, 0.15) is 34.9 Å². The van der Waals surface area contributed by atoms with Crippen molar-refractivity contribution < 1.29 is 4.79 Å². The quantitative estimate of drug-likeness (QED) is 0.687. The Balaban J connectivity index is 1.49. The lowest BCUT2D eigenvalue weighted by Gasteiger charge is -2.09. The Morgan fingerprint density at radius 2 is 2.05 bits per heavy atom. The van der Waals surface area contributed by atoms with Crippen LogP contribution in [0, 0.1) is 0 Å². The van der Waals surface area contributed by atoms with E-state index >= 15 is 0 Å². The lowest BCUT2D eigenvalue weighted by Crippen LogP contribution is -2.25. The van der Waals surface area contributed by atoms with E-state index in [1.165, 1.54) is 0 Å². The largest absolute Gasteiger partial charge is 0.347 e. The highest BCUT2D eigenvalue weighted by atomic mass is 16.2. The molecule has 1 fully saturated rings. The number of nitrogens with zero attached hydrogens (tertiary/aromatic N) is 1. The highest BCUT2D eigenvalue weighted by Crippen LogP contribution is 2.35. The predicted octanol–water partition coefficient (Wildman–Crippen LogP) is 1.92. The zero-order chi connectivity index (χ0) is 15.1. The van der Waals surface area contributed by atoms with Crippen LogP contribution >= 0.6 is 0 Å². The number of fused-ring (bicyclic) bond motifs is 1. The van der Waals surface area contributed by atoms with Gasteiger partial charge in [-0.15, -0.1) is 0 Å². The molecule has 0 bridgehead atoms. The summed E-state index contributed by atoms with van der Waals surface area (Å²) in [5.41, 5.74) is 2.94. The van der Waals surface area contributed by atoms with Crippen LogP contribution in [0.15, 0.2) is 41.3 Å². The molecule has 22 heavy (non-hydrogen) atoms. The molecular formula is C16H16N4O2. The molecule has 2 heterocycles. The first-order valence-corrected chi connectivity index (χ1v) is 7.37. The molecule has 0 saturated heterocycles. The minimum absolute atomic E-state index is 0.0699. The number of aromatic nitrogens is 3. The molecule has 112 valence electrons. The first-order valence-electron chi connectivity index (χ1n) is 7.37. The van der Waals surface area contributed by atoms with Crippen molar-refractivity contribution in [3.8, 4) is 0 Å². The van der Waals surface area contributed by atoms with Crippen molar-refractivity contribution in [2.75, 3.05) is 0 Å². The second-order valence-corrected chi connectivity index (χ2v) is 5.67. The number of nitrogens with one attached hydrogen (secondary N) is 3. The molecule has 0 atom stereocenters. The summed E-state index contributed by atoms with van der Waals surface area (Å²) in [6, 6.07) is 9.84. The molecule has 2 aromatic heterocycles. The van der Waals surface area contributed by atoms with Crippen molar-refractivity contribution in [3.05, 3.63) is 58.3 Å². The second kappa shape index (κ2) is 4.91. The second-order valence-electron chi connectivity index (χ2n) is 5.67. The highest BCUT2D eigenvalue weighted by molar-refractivity contribution is 5.92. The van der Waals surface area contributed by atoms with Gasteiger partial charge in [0, 0.05) is 18.8 Å². The number of hydrogen-bond acceptors (Lipinski definition) is 2. The average molecular weight is 296 g/mol. The Morgan fingerprint density at radius 3 is 2.86 bits per heavy atom. The van der Waals surface area contributed by atoms with Crippen LogP contribution in [0.5, 0.6) is 0 Å². The smallest absolute Gasteiger partial charge is 0.323 e. The number of carbonyl (C=O) groups excluding carboxylic acids is 1. The molecule has 0 radical (unpaired) electrons. The lowest BCUT2D eigenvalue weighted by molar-refractivity contribution is 0.0941. The van der Waals surface area contributed by atoms with Crippen LogP contribution in [-0.4, -0.2) is 20.4 Å². The van der Waals surface area contributed by atoms with Gasteiger partial charge >= 0.3 is 5.69 Å². The molecule has 3 N–H and O–H groups in total. The van der Waals surface area contributed by atoms with Crippen LogP contribution in [0.2, 0.25) is 0 Å². The third kappa shape index (κ3) is 2.32. The summed E-state index contributed by atoms with van der Waals surface area (Å²) in [4.78, 5) is 29.0. The summed E-state index contributed by atoms with van der Waals surface area (Å²) in [6.07, 6.45) is 4.25. The Bertz CT molecular complexity index is 898. The zero-order valence-corrected chi connectivity index (χ0v) is 11.9. The van der Waals surface area contributed by atoms with Crippen molar-refractivity contribution in [2.24, 2.45) is 0 Å². The SMILES string of the molecule is O=C(NCc1ccc2[nH]c(=O)[nH]c2c1)c1cccn1C1CC1. The summed E-state index contributed by atoms with van der Waals surface area (Å²) in [5, 5.41) is 2.93. The fraction of sp³-hybridized carbons (Fsp3) is 0.250. The minimum atomic E-state index is -0.224. The number of benzene rings is 1. The van der Waals surface area contributed by atoms with Gasteiger partial charge < -0.3 is 19.9 Å². The Labute approximate surface area is 126 Å². The molecule has 1 saturated carbocycles. The fourth-order valence-electron chi connectivity index (χ4n) is 2.72. The van der Waals surface area contributed by atoms with E-state index < -0.39 is 0 Å². The molecule has 1 amide bonds. The molecular weight excluding hydrogens is 280 g/mol. The molecule has 6 heteroatoms. The molecule has 1 aliphatic carbocycles. The number of rotatable bonds is 4. The van der Waals surface area contributed by atoms with Crippen LogP contribution in [0.4, 0.5) is 0 Å². The Hall–Kier alpha value is -2.76. The van der Waals surface area contributed by atoms with Gasteiger partial charge in [-0.25, -0.2) is 4.79 Å². The standard InChI is InChI=1S/C16H16N4O2/c21-15(14-2-1-7-20(14)11-4-5-11)17-9-10-3-6-12-13(8-10)19-16(22)18-12/h1-3,6-8,11H,4-5,9H2,(H,17,21)(H2,18,19,22). The maximum atomic E-state index is 12.3. The number of carbonyl (C=O) groups is 1. The summed E-state index contributed by atoms with van der Waals surface area (Å²) in [6.45, 7) is 0.428. The van der Waals surface area contributed by atoms with E-state index in [9.17, 15) is 9.59 Å². The normalized spacial score (nSPS) is 14.4. The van der Waals surface area contributed by atoms with Gasteiger partial charge in [-0.05, 0) is 42.7 Å². The first-order chi connectivity index (χ1) is 10.7. The zero-order valence-electron chi connectivity index (χ0n) is 11.9. The van der Waals surface area contributed by atoms with E-state index in [-0.39, 0.29) is 11.6 Å². The number of hydrogen-bond donors (Lipinski definition) is 3. The van der Waals surface area contributed by atoms with Gasteiger partial charge in [0.05, 0.1) is 11.0 Å². The maximum Gasteiger partial charge on any atom is 0.323 e.